The fraction of sp³-hybridized carbons (Fsp3) is 0.250. The van der Waals surface area contributed by atoms with Gasteiger partial charge in [0.05, 0.1) is 28.1 Å². The highest BCUT2D eigenvalue weighted by Crippen LogP contribution is 2.66. The summed E-state index contributed by atoms with van der Waals surface area (Å²) in [4.78, 5) is 64.2. The van der Waals surface area contributed by atoms with Crippen LogP contribution in [0.25, 0.3) is 0 Å². The Morgan fingerprint density at radius 2 is 1.59 bits per heavy atom. The van der Waals surface area contributed by atoms with Crippen molar-refractivity contribution >= 4 is 63.9 Å². The smallest absolute Gasteiger partial charge is 0.271 e. The number of benzene rings is 3. The van der Waals surface area contributed by atoms with Gasteiger partial charge in [-0.2, -0.15) is 0 Å². The van der Waals surface area contributed by atoms with Crippen molar-refractivity contribution in [1.29, 1.82) is 0 Å². The van der Waals surface area contributed by atoms with Gasteiger partial charge < -0.3 is 5.11 Å². The quantitative estimate of drug-likeness (QED) is 0.130. The number of nitro benzene ring substituents is 1. The number of hydrogen-bond donors (Lipinski definition) is 1. The standard InChI is InChI=1S/C32H21Cl2F2N3O7/c33-31-14-22-20(9-10-21-25(22)28(42)37(27(21)41)18-2-1-3-19(13-18)39(45)46)26(15-4-11-24(40)23(36)12-15)32(31,34)30(44)38(29(31)43)17-7-5-16(35)6-8-17/h1-9,11-13,21-22,25-26,40H,10,14H2/t21-,22+,25-,26-,31+,32-/m0/s1. The van der Waals surface area contributed by atoms with Crippen LogP contribution in [0.2, 0.25) is 0 Å². The molecule has 3 aromatic carbocycles. The lowest BCUT2D eigenvalue weighted by molar-refractivity contribution is -0.384. The Morgan fingerprint density at radius 3 is 2.26 bits per heavy atom. The van der Waals surface area contributed by atoms with Crippen LogP contribution in [-0.4, -0.2) is 43.4 Å². The third-order valence-electron chi connectivity index (χ3n) is 9.50. The molecule has 2 aliphatic heterocycles. The second kappa shape index (κ2) is 10.2. The van der Waals surface area contributed by atoms with Crippen molar-refractivity contribution in [3.63, 3.8) is 0 Å². The lowest BCUT2D eigenvalue weighted by Gasteiger charge is -2.50. The van der Waals surface area contributed by atoms with E-state index in [1.54, 1.807) is 6.08 Å². The van der Waals surface area contributed by atoms with Gasteiger partial charge in [0.25, 0.3) is 17.5 Å². The molecule has 0 spiro atoms. The number of allylic oxidation sites excluding steroid dienone is 2. The Labute approximate surface area is 268 Å². The summed E-state index contributed by atoms with van der Waals surface area (Å²) in [5.41, 5.74) is 0.109. The molecule has 2 aliphatic carbocycles. The van der Waals surface area contributed by atoms with Crippen molar-refractivity contribution < 1.29 is 38.0 Å². The molecule has 1 N–H and O–H groups in total. The molecule has 6 atom stereocenters. The second-order valence-corrected chi connectivity index (χ2v) is 13.0. The van der Waals surface area contributed by atoms with E-state index in [4.69, 9.17) is 23.2 Å². The molecule has 0 aromatic heterocycles. The molecule has 0 unspecified atom stereocenters. The molecule has 3 aromatic rings. The van der Waals surface area contributed by atoms with Gasteiger partial charge in [-0.3, -0.25) is 29.3 Å². The van der Waals surface area contributed by atoms with Gasteiger partial charge in [-0.15, -0.1) is 23.2 Å². The van der Waals surface area contributed by atoms with Crippen molar-refractivity contribution in [3.05, 3.63) is 106 Å². The van der Waals surface area contributed by atoms with Crippen LogP contribution in [0.15, 0.2) is 78.4 Å². The summed E-state index contributed by atoms with van der Waals surface area (Å²) in [6.07, 6.45) is 1.28. The molecule has 4 aliphatic rings. The third kappa shape index (κ3) is 3.92. The van der Waals surface area contributed by atoms with E-state index >= 15 is 0 Å². The Kier molecular flexibility index (Phi) is 6.63. The predicted molar refractivity (Wildman–Crippen MR) is 160 cm³/mol. The lowest BCUT2D eigenvalue weighted by atomic mass is 9.56. The summed E-state index contributed by atoms with van der Waals surface area (Å²) in [6, 6.07) is 12.9. The van der Waals surface area contributed by atoms with Gasteiger partial charge in [0.2, 0.25) is 11.8 Å². The lowest BCUT2D eigenvalue weighted by Crippen LogP contribution is -2.60. The summed E-state index contributed by atoms with van der Waals surface area (Å²) in [7, 11) is 0. The Hall–Kier alpha value is -4.68. The molecule has 3 fully saturated rings. The molecule has 2 heterocycles. The Bertz CT molecular complexity index is 1940. The third-order valence-corrected chi connectivity index (χ3v) is 10.9. The fourth-order valence-electron chi connectivity index (χ4n) is 7.48. The van der Waals surface area contributed by atoms with Crippen LogP contribution < -0.4 is 9.80 Å². The highest BCUT2D eigenvalue weighted by atomic mass is 35.5. The molecule has 14 heteroatoms. The molecule has 234 valence electrons. The zero-order valence-electron chi connectivity index (χ0n) is 23.4. The molecule has 2 saturated heterocycles. The van der Waals surface area contributed by atoms with E-state index in [9.17, 15) is 43.2 Å². The monoisotopic (exact) mass is 667 g/mol. The fourth-order valence-corrected chi connectivity index (χ4v) is 8.41. The summed E-state index contributed by atoms with van der Waals surface area (Å²) in [5, 5.41) is 21.3. The van der Waals surface area contributed by atoms with Crippen LogP contribution in [0, 0.1) is 39.5 Å². The van der Waals surface area contributed by atoms with Crippen LogP contribution in [0.4, 0.5) is 25.8 Å². The number of non-ortho nitro benzene ring substituents is 1. The predicted octanol–water partition coefficient (Wildman–Crippen LogP) is 5.35. The number of fused-ring (bicyclic) bond motifs is 4. The van der Waals surface area contributed by atoms with Gasteiger partial charge in [0.1, 0.15) is 5.82 Å². The maximum Gasteiger partial charge on any atom is 0.271 e. The second-order valence-electron chi connectivity index (χ2n) is 11.8. The minimum Gasteiger partial charge on any atom is -0.505 e. The topological polar surface area (TPSA) is 138 Å². The number of carbonyl (C=O) groups is 4. The number of rotatable bonds is 4. The number of anilines is 2. The highest BCUT2D eigenvalue weighted by Gasteiger charge is 2.76. The SMILES string of the molecule is O=C1[C@H]2[C@H](CC=C3[C@H]2C[C@@]2(Cl)C(=O)N(c4ccc(F)cc4)C(=O)[C@@]2(Cl)[C@H]3c2ccc(O)c(F)c2)C(=O)N1c1cccc([N+](=O)[O-])c1. The molecule has 7 rings (SSSR count). The van der Waals surface area contributed by atoms with Crippen LogP contribution in [-0.2, 0) is 19.2 Å². The first-order valence-electron chi connectivity index (χ1n) is 14.1. The number of carbonyl (C=O) groups excluding carboxylic acids is 4. The van der Waals surface area contributed by atoms with Gasteiger partial charge in [-0.1, -0.05) is 23.8 Å². The molecule has 4 amide bonds. The molecule has 46 heavy (non-hydrogen) atoms. The summed E-state index contributed by atoms with van der Waals surface area (Å²) < 4.78 is 28.6. The van der Waals surface area contributed by atoms with Gasteiger partial charge in [-0.05, 0) is 66.8 Å². The van der Waals surface area contributed by atoms with Crippen LogP contribution in [0.1, 0.15) is 24.3 Å². The van der Waals surface area contributed by atoms with Gasteiger partial charge in [-0.25, -0.2) is 18.6 Å². The van der Waals surface area contributed by atoms with E-state index < -0.39 is 79.4 Å². The highest BCUT2D eigenvalue weighted by molar-refractivity contribution is 6.58. The minimum atomic E-state index is -2.27. The molecule has 10 nitrogen and oxygen atoms in total. The normalized spacial score (nSPS) is 30.2. The van der Waals surface area contributed by atoms with E-state index in [1.165, 1.54) is 36.4 Å². The van der Waals surface area contributed by atoms with Crippen molar-refractivity contribution in [3.8, 4) is 5.75 Å². The van der Waals surface area contributed by atoms with Crippen LogP contribution in [0.3, 0.4) is 0 Å². The van der Waals surface area contributed by atoms with Crippen molar-refractivity contribution in [2.24, 2.45) is 17.8 Å². The zero-order valence-corrected chi connectivity index (χ0v) is 24.9. The van der Waals surface area contributed by atoms with Gasteiger partial charge in [0.15, 0.2) is 21.3 Å². The number of phenols is 1. The van der Waals surface area contributed by atoms with E-state index in [1.807, 2.05) is 0 Å². The maximum absolute atomic E-state index is 14.8. The first kappa shape index (κ1) is 30.0. The molecule has 0 radical (unpaired) electrons. The minimum absolute atomic E-state index is 0.00463. The van der Waals surface area contributed by atoms with Crippen molar-refractivity contribution in [1.82, 2.24) is 0 Å². The molecule has 1 saturated carbocycles. The number of aromatic hydroxyl groups is 1. The zero-order chi connectivity index (χ0) is 32.9. The van der Waals surface area contributed by atoms with Gasteiger partial charge in [0, 0.05) is 18.1 Å². The average molecular weight is 668 g/mol. The van der Waals surface area contributed by atoms with Crippen molar-refractivity contribution in [2.75, 3.05) is 9.80 Å². The maximum atomic E-state index is 14.8. The number of nitrogens with zero attached hydrogens (tertiary/aromatic N) is 3. The molecular formula is C32H21Cl2F2N3O7. The molecule has 0 bridgehead atoms. The van der Waals surface area contributed by atoms with E-state index in [0.717, 1.165) is 40.1 Å². The first-order chi connectivity index (χ1) is 21.8. The number of nitro groups is 1. The Balaban J connectivity index is 1.39. The van der Waals surface area contributed by atoms with Crippen molar-refractivity contribution in [2.45, 2.75) is 28.5 Å². The van der Waals surface area contributed by atoms with Crippen LogP contribution in [0.5, 0.6) is 5.75 Å². The van der Waals surface area contributed by atoms with E-state index in [0.29, 0.717) is 5.57 Å². The van der Waals surface area contributed by atoms with Crippen LogP contribution >= 0.6 is 23.2 Å². The number of phenolic OH excluding ortho intramolecular Hbond substituents is 1. The first-order valence-corrected chi connectivity index (χ1v) is 14.9. The Morgan fingerprint density at radius 1 is 0.870 bits per heavy atom. The van der Waals surface area contributed by atoms with E-state index in [2.05, 4.69) is 0 Å². The summed E-state index contributed by atoms with van der Waals surface area (Å²) in [5.74, 6) is -9.82. The summed E-state index contributed by atoms with van der Waals surface area (Å²) >= 11 is 14.4. The van der Waals surface area contributed by atoms with E-state index in [-0.39, 0.29) is 35.5 Å². The molecular weight excluding hydrogens is 647 g/mol. The van der Waals surface area contributed by atoms with Gasteiger partial charge >= 0.3 is 0 Å². The number of imide groups is 2. The summed E-state index contributed by atoms with van der Waals surface area (Å²) in [6.45, 7) is 0. The number of hydrogen-bond acceptors (Lipinski definition) is 7. The average Bonchev–Trinajstić information content (AvgIpc) is 3.37. The number of alkyl halides is 2. The number of halogens is 4. The largest absolute Gasteiger partial charge is 0.505 e. The number of amides is 4.